The molecule has 3 N–H and O–H groups in total. The Balaban J connectivity index is 0.000000253. The summed E-state index contributed by atoms with van der Waals surface area (Å²) in [6.07, 6.45) is 6.81. The first-order chi connectivity index (χ1) is 66.6. The van der Waals surface area contributed by atoms with E-state index in [1.807, 2.05) is 26.0 Å². The number of benzene rings is 2. The van der Waals surface area contributed by atoms with E-state index in [-0.39, 0.29) is 147 Å². The molecule has 7 saturated heterocycles. The molecule has 772 valence electrons. The molecule has 0 unspecified atom stereocenters. The van der Waals surface area contributed by atoms with Crippen molar-refractivity contribution in [1.29, 1.82) is 0 Å². The van der Waals surface area contributed by atoms with Crippen molar-refractivity contribution < 1.29 is 144 Å². The molecule has 9 fully saturated rings. The molecule has 11 aliphatic rings. The zero-order chi connectivity index (χ0) is 103. The number of carboxylic acids is 1. The number of methoxy groups -OCH3 is 4. The second-order valence-corrected chi connectivity index (χ2v) is 42.9. The molecule has 9 aliphatic heterocycles. The Morgan fingerprint density at radius 2 is 0.915 bits per heavy atom. The number of likely N-dealkylation sites (tertiary alicyclic amines) is 2. The number of allylic oxidation sites excluding steroid dienone is 6. The van der Waals surface area contributed by atoms with Crippen LogP contribution in [0.5, 0.6) is 11.5 Å². The fourth-order valence-corrected chi connectivity index (χ4v) is 23.2. The number of likely N-dealkylation sites (N-methyl/N-ethyl adjacent to an activating group) is 2. The number of aliphatic hydroxyl groups is 2. The lowest BCUT2D eigenvalue weighted by atomic mass is 9.78. The van der Waals surface area contributed by atoms with Crippen LogP contribution >= 0.6 is 46.7 Å². The molecule has 0 spiro atoms. The third-order valence-corrected chi connectivity index (χ3v) is 32.9. The summed E-state index contributed by atoms with van der Waals surface area (Å²) >= 11 is 16.0. The quantitative estimate of drug-likeness (QED) is 0.0360. The number of imide groups is 3. The number of halogens is 2. The molecular formula is C100H131Cl2N7O30S2. The predicted octanol–water partition coefficient (Wildman–Crippen LogP) is 9.33. The van der Waals surface area contributed by atoms with Gasteiger partial charge in [0, 0.05) is 130 Å². The zero-order valence-electron chi connectivity index (χ0n) is 82.6. The van der Waals surface area contributed by atoms with E-state index in [2.05, 4.69) is 0 Å². The van der Waals surface area contributed by atoms with Crippen molar-refractivity contribution >= 4 is 153 Å². The van der Waals surface area contributed by atoms with E-state index in [0.29, 0.717) is 92.1 Å². The van der Waals surface area contributed by atoms with Crippen LogP contribution in [0.15, 0.2) is 71.9 Å². The van der Waals surface area contributed by atoms with Gasteiger partial charge in [0.2, 0.25) is 47.3 Å². The van der Waals surface area contributed by atoms with E-state index in [1.54, 1.807) is 90.4 Å². The minimum absolute atomic E-state index is 0.00121. The van der Waals surface area contributed by atoms with Gasteiger partial charge in [0.1, 0.15) is 92.7 Å². The van der Waals surface area contributed by atoms with Gasteiger partial charge < -0.3 is 87.1 Å². The summed E-state index contributed by atoms with van der Waals surface area (Å²) in [5, 5.41) is 32.8. The molecule has 37 nitrogen and oxygen atoms in total. The van der Waals surface area contributed by atoms with Crippen molar-refractivity contribution in [2.75, 3.05) is 91.0 Å². The van der Waals surface area contributed by atoms with Gasteiger partial charge in [0.25, 0.3) is 11.8 Å². The molecule has 8 bridgehead atoms. The number of thioether (sulfide) groups is 2. The van der Waals surface area contributed by atoms with Gasteiger partial charge in [-0.1, -0.05) is 84.7 Å². The van der Waals surface area contributed by atoms with Crippen LogP contribution in [0.1, 0.15) is 195 Å². The van der Waals surface area contributed by atoms with Gasteiger partial charge in [-0.15, -0.1) is 28.6 Å². The number of carboxylic acid groups (broad SMARTS) is 1. The number of nitrogens with zero attached hydrogens (tertiary/aromatic N) is 7. The molecular weight excluding hydrogens is 1910 g/mol. The molecule has 41 heteroatoms. The number of amides is 10. The van der Waals surface area contributed by atoms with E-state index in [4.69, 9.17) is 75.4 Å². The SMILES string of the molecule is COc1cc2cc(c1Cl)N(C)C(=O)C[C@H](OC(=O)[C@H](C)N(C)C(=O)CCS[C@@H]1CC(=O)N(CC3CCC(C(=O)O)CC3)C1=O)[C@]1(C)O[C@H]1[C@H](C)[C@@H]1C[C@@](O)(CC(=O)O1)[C@H](OC)/C=C/C=C(\C)C2.COc1cc2cc(c1Cl)N(C)C(=O)C[C@H](OC(=O)[C@H](C)N(C)C(=O)CCS[C@@H]1CC(=O)N(CC3CCC(C(=O)ON4C(=O)CCC4=O)CC3)C1=O)[C@]1(C)O[C@H]1[C@H](C)[C@@H]1C[C@@](O)(CC(=O)O1)[C@H](OC)/C=C/C=C(\C)C2. The predicted molar refractivity (Wildman–Crippen MR) is 514 cm³/mol. The second kappa shape index (κ2) is 46.5. The Morgan fingerprint density at radius 3 is 1.28 bits per heavy atom. The first-order valence-electron chi connectivity index (χ1n) is 47.9. The standard InChI is InChI=1S/C52H67ClN4O16S.C48H64ClN3O14S/c1-28-10-9-11-38(69-8)52(67)25-36(70-45(63)26-52)29(2)47-51(4,72-47)39(24-43(61)55(6)34-21-32(20-28)22-35(68-7)46(34)53)71-49(65)30(3)54(5)40(58)18-19-74-37-23-44(62)56(48(37)64)27-31-12-14-33(15-13-31)50(66)73-57-41(59)16-17-42(57)60;1-26-10-9-11-36(63-8)48(61)23-34(64-41(56)24-48)27(2)43-47(4,66-43)37(22-39(54)51(6)32-19-30(18-26)20-33(62-7)42(32)49)65-46(60)28(3)50(5)38(53)16-17-67-35-21-40(55)52(44(35)57)25-29-12-14-31(15-13-29)45(58)59/h9-11,21-22,29-31,33,36-39,47,67H,12-20,23-27H2,1-8H3;9-11,19-20,27-29,31,34-37,43,61H,12-18,21-25H2,1-8H3,(H,58,59)/b11-9+,28-10+;11-9+,26-10+/t29-,30+,31?,33?,36+,37-,38-,39+,47+,51+,52-;27-,28+,29?,31?,34+,35-,36-,37+,43+,47+,48-/m11/s1. The number of fused-ring (bicyclic) bond motifs is 10. The van der Waals surface area contributed by atoms with Gasteiger partial charge in [0.15, 0.2) is 0 Å². The molecule has 2 saturated carbocycles. The summed E-state index contributed by atoms with van der Waals surface area (Å²) in [6.45, 7) is 14.2. The number of epoxide rings is 2. The van der Waals surface area contributed by atoms with Crippen LogP contribution in [0, 0.1) is 35.5 Å². The Labute approximate surface area is 838 Å². The van der Waals surface area contributed by atoms with Gasteiger partial charge in [0.05, 0.1) is 85.8 Å². The number of aliphatic carboxylic acids is 1. The number of hydrogen-bond acceptors (Lipinski definition) is 31. The average Bonchev–Trinajstić information content (AvgIpc) is 1.57. The summed E-state index contributed by atoms with van der Waals surface area (Å²) in [6, 6.07) is 4.82. The van der Waals surface area contributed by atoms with Crippen molar-refractivity contribution in [2.45, 2.75) is 290 Å². The monoisotopic (exact) mass is 2040 g/mol. The minimum atomic E-state index is -1.64. The molecule has 141 heavy (non-hydrogen) atoms. The van der Waals surface area contributed by atoms with Crippen LogP contribution in [0.4, 0.5) is 11.4 Å². The summed E-state index contributed by atoms with van der Waals surface area (Å²) in [5.74, 6) is -9.59. The Kier molecular flexibility index (Phi) is 36.2. The smallest absolute Gasteiger partial charge is 0.336 e. The molecule has 13 rings (SSSR count). The van der Waals surface area contributed by atoms with Crippen LogP contribution in [0.25, 0.3) is 0 Å². The van der Waals surface area contributed by atoms with Gasteiger partial charge in [-0.3, -0.25) is 72.1 Å². The highest BCUT2D eigenvalue weighted by Crippen LogP contribution is 2.53. The summed E-state index contributed by atoms with van der Waals surface area (Å²) < 4.78 is 59.2. The van der Waals surface area contributed by atoms with Crippen molar-refractivity contribution in [3.63, 3.8) is 0 Å². The van der Waals surface area contributed by atoms with Gasteiger partial charge in [-0.2, -0.15) is 0 Å². The van der Waals surface area contributed by atoms with Crippen LogP contribution < -0.4 is 19.3 Å². The Morgan fingerprint density at radius 1 is 0.539 bits per heavy atom. The van der Waals surface area contributed by atoms with Gasteiger partial charge in [-0.25, -0.2) is 14.4 Å². The fourth-order valence-electron chi connectivity index (χ4n) is 20.3. The number of carbonyl (C=O) groups excluding carboxylic acids is 15. The number of carbonyl (C=O) groups is 16. The van der Waals surface area contributed by atoms with Gasteiger partial charge in [-0.05, 0) is 153 Å². The maximum Gasteiger partial charge on any atom is 0.336 e. The number of anilines is 2. The van der Waals surface area contributed by atoms with E-state index >= 15 is 0 Å². The normalized spacial score (nSPS) is 32.7. The number of ether oxygens (including phenoxy) is 10. The fraction of sp³-hybridized carbons (Fsp3) is 0.640. The number of hydroxylamine groups is 2. The lowest BCUT2D eigenvalue weighted by molar-refractivity contribution is -0.201. The Hall–Kier alpha value is -9.84. The summed E-state index contributed by atoms with van der Waals surface area (Å²) in [5.41, 5.74) is -1.77. The maximum atomic E-state index is 14.4. The van der Waals surface area contributed by atoms with E-state index < -0.39 is 189 Å². The topological polar surface area (TPSA) is 465 Å². The van der Waals surface area contributed by atoms with Crippen LogP contribution in [-0.2, 0) is 132 Å². The molecule has 2 aliphatic carbocycles. The van der Waals surface area contributed by atoms with Crippen molar-refractivity contribution in [3.05, 3.63) is 93.0 Å². The molecule has 9 heterocycles. The first-order valence-corrected chi connectivity index (χ1v) is 50.8. The maximum absolute atomic E-state index is 14.4. The molecule has 0 radical (unpaired) electrons. The van der Waals surface area contributed by atoms with E-state index in [0.717, 1.165) is 22.3 Å². The molecule has 10 amide bonds. The highest BCUT2D eigenvalue weighted by Gasteiger charge is 2.67. The van der Waals surface area contributed by atoms with E-state index in [9.17, 15) is 92.0 Å². The Bertz CT molecular complexity index is 5250. The summed E-state index contributed by atoms with van der Waals surface area (Å²) in [4.78, 5) is 223. The number of esters is 4. The largest absolute Gasteiger partial charge is 0.495 e. The third kappa shape index (κ3) is 25.6. The van der Waals surface area contributed by atoms with Crippen molar-refractivity contribution in [2.24, 2.45) is 35.5 Å². The molecule has 2 aromatic carbocycles. The van der Waals surface area contributed by atoms with E-state index in [1.165, 1.54) is 109 Å². The molecule has 18 atom stereocenters. The first kappa shape index (κ1) is 110. The highest BCUT2D eigenvalue weighted by atomic mass is 35.5. The molecule has 2 aromatic rings. The van der Waals surface area contributed by atoms with Gasteiger partial charge >= 0.3 is 35.8 Å². The van der Waals surface area contributed by atoms with Crippen molar-refractivity contribution in [1.82, 2.24) is 24.7 Å². The highest BCUT2D eigenvalue weighted by molar-refractivity contribution is 8.00. The van der Waals surface area contributed by atoms with Crippen LogP contribution in [0.3, 0.4) is 0 Å². The lowest BCUT2D eigenvalue weighted by Gasteiger charge is -2.41. The number of rotatable bonds is 25. The molecule has 0 aromatic heterocycles. The minimum Gasteiger partial charge on any atom is -0.495 e. The lowest BCUT2D eigenvalue weighted by Crippen LogP contribution is -2.53. The van der Waals surface area contributed by atoms with Crippen molar-refractivity contribution in [3.8, 4) is 11.5 Å². The second-order valence-electron chi connectivity index (χ2n) is 39.5. The zero-order valence-corrected chi connectivity index (χ0v) is 85.8. The average molecular weight is 2050 g/mol. The third-order valence-electron chi connectivity index (χ3n) is 29.7. The number of hydrogen-bond donors (Lipinski definition) is 3. The summed E-state index contributed by atoms with van der Waals surface area (Å²) in [7, 11) is 11.8. The van der Waals surface area contributed by atoms with Crippen LogP contribution in [-0.4, -0.2) is 310 Å². The van der Waals surface area contributed by atoms with Crippen LogP contribution in [0.2, 0.25) is 10.0 Å².